The lowest BCUT2D eigenvalue weighted by Crippen LogP contribution is -2.81. The normalized spacial score (nSPS) is 32.6. The van der Waals surface area contributed by atoms with Crippen LogP contribution in [0.5, 0.6) is 0 Å². The summed E-state index contributed by atoms with van der Waals surface area (Å²) in [6.07, 6.45) is -11.5. The molecule has 2 bridgehead atoms. The first-order valence-electron chi connectivity index (χ1n) is 19.3. The highest BCUT2D eigenvalue weighted by Gasteiger charge is 2.78. The number of aliphatic hydroxyl groups is 4. The van der Waals surface area contributed by atoms with E-state index in [9.17, 15) is 44.4 Å². The van der Waals surface area contributed by atoms with Gasteiger partial charge in [-0.1, -0.05) is 62.4 Å². The smallest absolute Gasteiger partial charge is 0.408 e. The van der Waals surface area contributed by atoms with Gasteiger partial charge in [-0.15, -0.1) is 0 Å². The van der Waals surface area contributed by atoms with E-state index in [1.54, 1.807) is 83.1 Å². The molecule has 4 aliphatic rings. The number of benzene rings is 2. The van der Waals surface area contributed by atoms with Gasteiger partial charge in [-0.05, 0) is 63.5 Å². The Labute approximate surface area is 347 Å². The molecule has 0 spiro atoms. The Morgan fingerprint density at radius 2 is 1.52 bits per heavy atom. The number of alkyl carbamates (subject to hydrolysis) is 1. The topological polar surface area (TPSA) is 287 Å². The summed E-state index contributed by atoms with van der Waals surface area (Å²) in [6.45, 7) is 11.8. The molecular formula is C43H57NO16. The van der Waals surface area contributed by atoms with E-state index in [4.69, 9.17) is 23.7 Å². The quantitative estimate of drug-likeness (QED) is 0.143. The maximum absolute atomic E-state index is 14.9. The lowest BCUT2D eigenvalue weighted by atomic mass is 9.44. The second kappa shape index (κ2) is 17.0. The van der Waals surface area contributed by atoms with Gasteiger partial charge in [-0.25, -0.2) is 14.4 Å². The van der Waals surface area contributed by atoms with Crippen molar-refractivity contribution in [3.8, 4) is 0 Å². The summed E-state index contributed by atoms with van der Waals surface area (Å²) in [6, 6.07) is 14.6. The van der Waals surface area contributed by atoms with Crippen molar-refractivity contribution in [2.24, 2.45) is 16.7 Å². The van der Waals surface area contributed by atoms with Crippen LogP contribution in [0.3, 0.4) is 0 Å². The first kappa shape index (κ1) is 47.9. The van der Waals surface area contributed by atoms with Crippen molar-refractivity contribution < 1.29 is 79.0 Å². The molecule has 2 saturated carbocycles. The van der Waals surface area contributed by atoms with Gasteiger partial charge in [0.1, 0.15) is 35.6 Å². The minimum atomic E-state index is -2.35. The van der Waals surface area contributed by atoms with Crippen LogP contribution in [-0.2, 0) is 38.1 Å². The van der Waals surface area contributed by atoms with E-state index in [2.05, 4.69) is 5.32 Å². The molecule has 2 aromatic carbocycles. The number of fused-ring (bicyclic) bond motifs is 5. The molecule has 9 N–H and O–H groups in total. The molecule has 1 amide bonds. The lowest BCUT2D eigenvalue weighted by molar-refractivity contribution is -0.346. The molecule has 0 radical (unpaired) electrons. The van der Waals surface area contributed by atoms with E-state index < -0.39 is 112 Å². The first-order valence-corrected chi connectivity index (χ1v) is 19.3. The molecule has 3 aliphatic carbocycles. The molecule has 0 aromatic heterocycles. The predicted octanol–water partition coefficient (Wildman–Crippen LogP) is 1.61. The van der Waals surface area contributed by atoms with Crippen LogP contribution < -0.4 is 5.32 Å². The number of ketones is 1. The fourth-order valence-corrected chi connectivity index (χ4v) is 9.56. The third-order valence-corrected chi connectivity index (χ3v) is 12.6. The van der Waals surface area contributed by atoms with E-state index in [0.29, 0.717) is 5.56 Å². The van der Waals surface area contributed by atoms with Crippen LogP contribution in [-0.4, -0.2) is 121 Å². The van der Waals surface area contributed by atoms with Crippen molar-refractivity contribution in [1.29, 1.82) is 0 Å². The Morgan fingerprint density at radius 3 is 2.05 bits per heavy atom. The van der Waals surface area contributed by atoms with Gasteiger partial charge < -0.3 is 60.4 Å². The molecule has 2 aromatic rings. The highest BCUT2D eigenvalue weighted by Crippen LogP contribution is 2.64. The molecule has 1 aliphatic heterocycles. The molecule has 1 unspecified atom stereocenters. The second-order valence-corrected chi connectivity index (χ2v) is 17.6. The van der Waals surface area contributed by atoms with Crippen LogP contribution in [0.4, 0.5) is 4.79 Å². The number of amides is 1. The molecule has 6 rings (SSSR count). The molecular weight excluding hydrogens is 786 g/mol. The van der Waals surface area contributed by atoms with Crippen LogP contribution in [0.15, 0.2) is 71.8 Å². The number of nitrogens with one attached hydrogen (secondary N) is 1. The zero-order chi connectivity index (χ0) is 42.7. The van der Waals surface area contributed by atoms with E-state index >= 15 is 0 Å². The third-order valence-electron chi connectivity index (χ3n) is 12.6. The number of rotatable bonds is 8. The van der Waals surface area contributed by atoms with Crippen LogP contribution in [0, 0.1) is 16.7 Å². The molecule has 60 heavy (non-hydrogen) atoms. The molecule has 11 atom stereocenters. The van der Waals surface area contributed by atoms with Gasteiger partial charge in [0.2, 0.25) is 0 Å². The van der Waals surface area contributed by atoms with Gasteiger partial charge in [0, 0.05) is 25.2 Å². The Kier molecular flexibility index (Phi) is 13.5. The highest BCUT2D eigenvalue weighted by molar-refractivity contribution is 5.94. The standard InChI is InChI=1S/C43H53NO14.2H2O/c1-22-26(55-37(51)32(48)30(24-15-11-9-12-16-24)44-38(52)58-39(3,4)5)20-43(53)35(56-36(50)25-17-13-10-14-18-25)33-41(8,34(49)31(47)29(22)40(43,6)7)27(46)19-28-42(33,21-54-28)57-23(2)45;;/h9-18,26-28,30-33,35,46-48,53H,19-21H2,1-8H3,(H,44,52);2*1H2/t26-,27-,28+,30-,31+,32+,33?,35-,41+,42-,43+;;/m0../s1. The van der Waals surface area contributed by atoms with Gasteiger partial charge in [-0.3, -0.25) is 9.59 Å². The number of ether oxygens (including phenoxy) is 5. The van der Waals surface area contributed by atoms with Crippen LogP contribution in [0.2, 0.25) is 0 Å². The number of hydrogen-bond acceptors (Lipinski definition) is 14. The van der Waals surface area contributed by atoms with Gasteiger partial charge in [0.25, 0.3) is 0 Å². The molecule has 3 fully saturated rings. The average Bonchev–Trinajstić information content (AvgIpc) is 3.14. The van der Waals surface area contributed by atoms with Crippen molar-refractivity contribution in [3.63, 3.8) is 0 Å². The summed E-state index contributed by atoms with van der Waals surface area (Å²) in [5, 5.41) is 51.6. The maximum Gasteiger partial charge on any atom is 0.408 e. The van der Waals surface area contributed by atoms with Crippen molar-refractivity contribution in [3.05, 3.63) is 82.9 Å². The minimum Gasteiger partial charge on any atom is -0.456 e. The lowest BCUT2D eigenvalue weighted by Gasteiger charge is -2.67. The maximum atomic E-state index is 14.9. The Hall–Kier alpha value is -4.75. The molecule has 1 saturated heterocycles. The van der Waals surface area contributed by atoms with Gasteiger partial charge in [-0.2, -0.15) is 0 Å². The van der Waals surface area contributed by atoms with Crippen molar-refractivity contribution in [2.75, 3.05) is 6.61 Å². The predicted molar refractivity (Wildman–Crippen MR) is 211 cm³/mol. The largest absolute Gasteiger partial charge is 0.456 e. The molecule has 330 valence electrons. The number of hydrogen-bond donors (Lipinski definition) is 5. The summed E-state index contributed by atoms with van der Waals surface area (Å²) in [7, 11) is 0. The summed E-state index contributed by atoms with van der Waals surface area (Å²) < 4.78 is 29.5. The Bertz CT molecular complexity index is 1980. The first-order chi connectivity index (χ1) is 27.0. The van der Waals surface area contributed by atoms with Gasteiger partial charge >= 0.3 is 24.0 Å². The van der Waals surface area contributed by atoms with Crippen molar-refractivity contribution in [1.82, 2.24) is 5.32 Å². The zero-order valence-corrected chi connectivity index (χ0v) is 34.9. The SMILES string of the molecule is CC(=O)O[C@@]12CO[C@@H]1C[C@H](O)[C@@]1(C)C(=O)[C@H](O)C3=C(C)[C@@H](OC(=O)[C@H](O)[C@@H](NC(=O)OC(C)(C)C)c4ccccc4)C[C@@](O)([C@@H](OC(=O)c4ccccc4)C12)C3(C)C.O.O. The zero-order valence-electron chi connectivity index (χ0n) is 34.9. The monoisotopic (exact) mass is 843 g/mol. The van der Waals surface area contributed by atoms with E-state index in [0.717, 1.165) is 6.92 Å². The van der Waals surface area contributed by atoms with Gasteiger partial charge in [0.05, 0.1) is 35.6 Å². The summed E-state index contributed by atoms with van der Waals surface area (Å²) in [5.41, 5.74) is -8.14. The summed E-state index contributed by atoms with van der Waals surface area (Å²) >= 11 is 0. The van der Waals surface area contributed by atoms with Crippen LogP contribution >= 0.6 is 0 Å². The summed E-state index contributed by atoms with van der Waals surface area (Å²) in [5.74, 6) is -5.36. The third kappa shape index (κ3) is 7.95. The fourth-order valence-electron chi connectivity index (χ4n) is 9.56. The van der Waals surface area contributed by atoms with E-state index in [1.807, 2.05) is 0 Å². The highest BCUT2D eigenvalue weighted by atomic mass is 16.6. The molecule has 1 heterocycles. The molecule has 17 heteroatoms. The van der Waals surface area contributed by atoms with Crippen LogP contribution in [0.1, 0.15) is 90.2 Å². The van der Waals surface area contributed by atoms with Crippen molar-refractivity contribution >= 4 is 29.8 Å². The Morgan fingerprint density at radius 1 is 0.933 bits per heavy atom. The number of Topliss-reactive ketones (excluding diaryl/α,β-unsaturated/α-hetero) is 1. The second-order valence-electron chi connectivity index (χ2n) is 17.6. The average molecular weight is 844 g/mol. The van der Waals surface area contributed by atoms with E-state index in [-0.39, 0.29) is 40.7 Å². The minimum absolute atomic E-state index is 0. The summed E-state index contributed by atoms with van der Waals surface area (Å²) in [4.78, 5) is 68.9. The van der Waals surface area contributed by atoms with Gasteiger partial charge in [0.15, 0.2) is 17.5 Å². The number of carbonyl (C=O) groups is 5. The number of carbonyl (C=O) groups excluding carboxylic acids is 5. The van der Waals surface area contributed by atoms with E-state index in [1.165, 1.54) is 26.0 Å². The van der Waals surface area contributed by atoms with Crippen LogP contribution in [0.25, 0.3) is 0 Å². The van der Waals surface area contributed by atoms with Crippen molar-refractivity contribution in [2.45, 2.75) is 128 Å². The fraction of sp³-hybridized carbons (Fsp3) is 0.558. The number of aliphatic hydroxyl groups excluding tert-OH is 3. The number of esters is 3. The molecule has 17 nitrogen and oxygen atoms in total. The Balaban J connectivity index is 0.00000397.